The maximum Gasteiger partial charge on any atom is 0.0459 e. The average Bonchev–Trinajstić information content (AvgIpc) is 2.63. The fraction of sp³-hybridized carbons (Fsp3) is 0.467. The lowest BCUT2D eigenvalue weighted by Gasteiger charge is -2.24. The highest BCUT2D eigenvalue weighted by molar-refractivity contribution is 5.86. The van der Waals surface area contributed by atoms with Crippen LogP contribution in [0.1, 0.15) is 55.3 Å². The summed E-state index contributed by atoms with van der Waals surface area (Å²) in [5.74, 6) is 1.40. The number of aromatic nitrogens is 1. The van der Waals surface area contributed by atoms with E-state index in [4.69, 9.17) is 0 Å². The normalized spacial score (nSPS) is 24.7. The second kappa shape index (κ2) is 3.38. The molecule has 1 heterocycles. The first-order valence-electron chi connectivity index (χ1n) is 6.29. The Morgan fingerprint density at radius 3 is 2.69 bits per heavy atom. The molecule has 0 saturated heterocycles. The molecule has 1 aliphatic rings. The second-order valence-electron chi connectivity index (χ2n) is 5.38. The summed E-state index contributed by atoms with van der Waals surface area (Å²) in [5, 5.41) is 1.45. The van der Waals surface area contributed by atoms with Crippen molar-refractivity contribution in [2.75, 3.05) is 0 Å². The number of hydrogen-bond donors (Lipinski definition) is 1. The molecule has 3 rings (SSSR count). The summed E-state index contributed by atoms with van der Waals surface area (Å²) in [7, 11) is 0. The molecule has 0 amide bonds. The number of fused-ring (bicyclic) bond motifs is 3. The summed E-state index contributed by atoms with van der Waals surface area (Å²) < 4.78 is 0. The van der Waals surface area contributed by atoms with E-state index in [1.54, 1.807) is 5.56 Å². The van der Waals surface area contributed by atoms with Crippen molar-refractivity contribution in [2.24, 2.45) is 0 Å². The highest BCUT2D eigenvalue weighted by Gasteiger charge is 2.25. The van der Waals surface area contributed by atoms with Gasteiger partial charge in [-0.25, -0.2) is 0 Å². The Morgan fingerprint density at radius 1 is 1.12 bits per heavy atom. The molecule has 1 nitrogen and oxygen atoms in total. The van der Waals surface area contributed by atoms with Gasteiger partial charge in [0.05, 0.1) is 0 Å². The zero-order chi connectivity index (χ0) is 11.3. The predicted molar refractivity (Wildman–Crippen MR) is 69.1 cm³/mol. The molecular formula is C15H19N. The van der Waals surface area contributed by atoms with E-state index in [1.165, 1.54) is 35.0 Å². The monoisotopic (exact) mass is 213 g/mol. The zero-order valence-electron chi connectivity index (χ0n) is 10.3. The first-order valence-corrected chi connectivity index (χ1v) is 6.29. The topological polar surface area (TPSA) is 15.8 Å². The summed E-state index contributed by atoms with van der Waals surface area (Å²) in [5.41, 5.74) is 5.74. The summed E-state index contributed by atoms with van der Waals surface area (Å²) >= 11 is 0. The van der Waals surface area contributed by atoms with E-state index in [-0.39, 0.29) is 0 Å². The van der Waals surface area contributed by atoms with Gasteiger partial charge in [0.25, 0.3) is 0 Å². The molecule has 0 saturated carbocycles. The Hall–Kier alpha value is -1.24. The van der Waals surface area contributed by atoms with Crippen LogP contribution in [0.3, 0.4) is 0 Å². The van der Waals surface area contributed by atoms with Crippen molar-refractivity contribution in [1.82, 2.24) is 4.98 Å². The smallest absolute Gasteiger partial charge is 0.0459 e. The van der Waals surface area contributed by atoms with E-state index in [0.29, 0.717) is 11.8 Å². The van der Waals surface area contributed by atoms with Crippen LogP contribution in [0, 0.1) is 6.92 Å². The Bertz CT molecular complexity index is 536. The Kier molecular flexibility index (Phi) is 2.10. The van der Waals surface area contributed by atoms with Crippen molar-refractivity contribution in [3.8, 4) is 0 Å². The third-order valence-corrected chi connectivity index (χ3v) is 4.04. The standard InChI is InChI=1S/C15H19N/c1-9-4-7-13-12(8-9)14-10(2)5-6-11(3)15(14)16-13/h4,7-8,10-11,16H,5-6H2,1-3H3. The lowest BCUT2D eigenvalue weighted by atomic mass is 9.81. The largest absolute Gasteiger partial charge is 0.358 e. The molecule has 1 aliphatic carbocycles. The van der Waals surface area contributed by atoms with Gasteiger partial charge in [-0.2, -0.15) is 0 Å². The Morgan fingerprint density at radius 2 is 1.88 bits per heavy atom. The number of benzene rings is 1. The first kappa shape index (κ1) is 9.95. The number of aromatic amines is 1. The maximum absolute atomic E-state index is 3.62. The van der Waals surface area contributed by atoms with Crippen LogP contribution in [-0.4, -0.2) is 4.98 Å². The van der Waals surface area contributed by atoms with Crippen LogP contribution < -0.4 is 0 Å². The molecule has 0 fully saturated rings. The van der Waals surface area contributed by atoms with Crippen molar-refractivity contribution in [1.29, 1.82) is 0 Å². The van der Waals surface area contributed by atoms with Gasteiger partial charge in [-0.15, -0.1) is 0 Å². The highest BCUT2D eigenvalue weighted by atomic mass is 14.7. The third kappa shape index (κ3) is 1.31. The molecular weight excluding hydrogens is 194 g/mol. The molecule has 16 heavy (non-hydrogen) atoms. The molecule has 1 aromatic carbocycles. The van der Waals surface area contributed by atoms with Crippen molar-refractivity contribution in [3.63, 3.8) is 0 Å². The van der Waals surface area contributed by atoms with E-state index in [2.05, 4.69) is 44.0 Å². The quantitative estimate of drug-likeness (QED) is 0.664. The van der Waals surface area contributed by atoms with E-state index in [0.717, 1.165) is 0 Å². The predicted octanol–water partition coefficient (Wildman–Crippen LogP) is 4.48. The molecule has 0 spiro atoms. The van der Waals surface area contributed by atoms with Gasteiger partial charge in [0.15, 0.2) is 0 Å². The van der Waals surface area contributed by atoms with E-state index < -0.39 is 0 Å². The second-order valence-corrected chi connectivity index (χ2v) is 5.38. The van der Waals surface area contributed by atoms with Crippen LogP contribution in [-0.2, 0) is 0 Å². The minimum absolute atomic E-state index is 0.693. The molecule has 1 N–H and O–H groups in total. The number of nitrogens with one attached hydrogen (secondary N) is 1. The summed E-state index contributed by atoms with van der Waals surface area (Å²) in [6.45, 7) is 6.88. The summed E-state index contributed by atoms with van der Waals surface area (Å²) in [4.78, 5) is 3.62. The maximum atomic E-state index is 3.62. The van der Waals surface area contributed by atoms with Crippen LogP contribution in [0.25, 0.3) is 10.9 Å². The molecule has 0 bridgehead atoms. The van der Waals surface area contributed by atoms with Gasteiger partial charge < -0.3 is 4.98 Å². The number of aryl methyl sites for hydroxylation is 1. The van der Waals surface area contributed by atoms with Crippen LogP contribution in [0.15, 0.2) is 18.2 Å². The highest BCUT2D eigenvalue weighted by Crippen LogP contribution is 2.42. The van der Waals surface area contributed by atoms with Gasteiger partial charge in [-0.3, -0.25) is 0 Å². The average molecular weight is 213 g/mol. The van der Waals surface area contributed by atoms with Gasteiger partial charge in [-0.1, -0.05) is 25.5 Å². The third-order valence-electron chi connectivity index (χ3n) is 4.04. The van der Waals surface area contributed by atoms with Gasteiger partial charge in [0, 0.05) is 16.6 Å². The fourth-order valence-corrected chi connectivity index (χ4v) is 3.06. The molecule has 1 heteroatoms. The minimum Gasteiger partial charge on any atom is -0.358 e. The van der Waals surface area contributed by atoms with Crippen molar-refractivity contribution in [2.45, 2.75) is 45.4 Å². The minimum atomic E-state index is 0.693. The van der Waals surface area contributed by atoms with Gasteiger partial charge in [0.2, 0.25) is 0 Å². The molecule has 0 aliphatic heterocycles. The molecule has 2 atom stereocenters. The lowest BCUT2D eigenvalue weighted by Crippen LogP contribution is -2.09. The van der Waals surface area contributed by atoms with Gasteiger partial charge in [0.1, 0.15) is 0 Å². The van der Waals surface area contributed by atoms with Gasteiger partial charge >= 0.3 is 0 Å². The van der Waals surface area contributed by atoms with Crippen LogP contribution in [0.4, 0.5) is 0 Å². The van der Waals surface area contributed by atoms with Crippen molar-refractivity contribution < 1.29 is 0 Å². The van der Waals surface area contributed by atoms with E-state index in [1.807, 2.05) is 0 Å². The van der Waals surface area contributed by atoms with E-state index >= 15 is 0 Å². The zero-order valence-corrected chi connectivity index (χ0v) is 10.3. The summed E-state index contributed by atoms with van der Waals surface area (Å²) in [6, 6.07) is 6.75. The number of hydrogen-bond acceptors (Lipinski definition) is 0. The molecule has 2 unspecified atom stereocenters. The Labute approximate surface area is 96.9 Å². The number of H-pyrrole nitrogens is 1. The van der Waals surface area contributed by atoms with E-state index in [9.17, 15) is 0 Å². The van der Waals surface area contributed by atoms with Gasteiger partial charge in [-0.05, 0) is 49.3 Å². The Balaban J connectivity index is 2.33. The molecule has 2 aromatic rings. The number of rotatable bonds is 0. The first-order chi connectivity index (χ1) is 7.66. The summed E-state index contributed by atoms with van der Waals surface area (Å²) in [6.07, 6.45) is 2.65. The molecule has 84 valence electrons. The van der Waals surface area contributed by atoms with Crippen molar-refractivity contribution in [3.05, 3.63) is 35.0 Å². The van der Waals surface area contributed by atoms with Crippen LogP contribution in [0.5, 0.6) is 0 Å². The molecule has 1 aromatic heterocycles. The van der Waals surface area contributed by atoms with Crippen LogP contribution in [0.2, 0.25) is 0 Å². The lowest BCUT2D eigenvalue weighted by molar-refractivity contribution is 0.523. The van der Waals surface area contributed by atoms with Crippen molar-refractivity contribution >= 4 is 10.9 Å². The molecule has 0 radical (unpaired) electrons. The SMILES string of the molecule is Cc1ccc2[nH]c3c(c2c1)C(C)CCC3C. The van der Waals surface area contributed by atoms with Crippen LogP contribution >= 0.6 is 0 Å². The fourth-order valence-electron chi connectivity index (χ4n) is 3.06.